The van der Waals surface area contributed by atoms with Crippen molar-refractivity contribution in [3.8, 4) is 0 Å². The Morgan fingerprint density at radius 1 is 1.50 bits per heavy atom. The maximum atomic E-state index is 6.04. The van der Waals surface area contributed by atoms with E-state index in [1.807, 2.05) is 0 Å². The normalized spacial score (nSPS) is 24.2. The third-order valence-corrected chi connectivity index (χ3v) is 5.32. The standard InChI is InChI=1S/C15H26BrN3O/c1-5-17-13(15(4)8-7-9-20-15)10-12-14(16)11(3)18-19(12)6-2/h13,17H,5-10H2,1-4H3. The zero-order valence-electron chi connectivity index (χ0n) is 13.0. The van der Waals surface area contributed by atoms with Crippen LogP contribution in [0.25, 0.3) is 0 Å². The summed E-state index contributed by atoms with van der Waals surface area (Å²) in [5.41, 5.74) is 2.27. The topological polar surface area (TPSA) is 39.1 Å². The van der Waals surface area contributed by atoms with Crippen LogP contribution in [0, 0.1) is 6.92 Å². The number of hydrogen-bond acceptors (Lipinski definition) is 3. The predicted octanol–water partition coefficient (Wildman–Crippen LogP) is 3.06. The van der Waals surface area contributed by atoms with Gasteiger partial charge in [0, 0.05) is 25.6 Å². The number of halogens is 1. The Kier molecular flexibility index (Phi) is 5.26. The van der Waals surface area contributed by atoms with Crippen molar-refractivity contribution >= 4 is 15.9 Å². The molecule has 2 atom stereocenters. The molecular formula is C15H26BrN3O. The molecule has 4 nitrogen and oxygen atoms in total. The highest BCUT2D eigenvalue weighted by molar-refractivity contribution is 9.10. The van der Waals surface area contributed by atoms with Crippen LogP contribution in [0.4, 0.5) is 0 Å². The zero-order valence-corrected chi connectivity index (χ0v) is 14.6. The molecule has 0 aliphatic carbocycles. The maximum Gasteiger partial charge on any atom is 0.0811 e. The van der Waals surface area contributed by atoms with Gasteiger partial charge in [0.1, 0.15) is 0 Å². The molecule has 20 heavy (non-hydrogen) atoms. The summed E-state index contributed by atoms with van der Waals surface area (Å²) in [4.78, 5) is 0. The summed E-state index contributed by atoms with van der Waals surface area (Å²) in [5, 5.41) is 8.21. The summed E-state index contributed by atoms with van der Waals surface area (Å²) < 4.78 is 9.28. The lowest BCUT2D eigenvalue weighted by atomic mass is 9.89. The fraction of sp³-hybridized carbons (Fsp3) is 0.800. The lowest BCUT2D eigenvalue weighted by Gasteiger charge is -2.34. The molecule has 1 aromatic heterocycles. The number of likely N-dealkylation sites (N-methyl/N-ethyl adjacent to an activating group) is 1. The molecule has 114 valence electrons. The minimum absolute atomic E-state index is 0.0633. The van der Waals surface area contributed by atoms with E-state index in [1.54, 1.807) is 0 Å². The van der Waals surface area contributed by atoms with Crippen molar-refractivity contribution in [3.05, 3.63) is 15.9 Å². The highest BCUT2D eigenvalue weighted by Crippen LogP contribution is 2.32. The molecular weight excluding hydrogens is 318 g/mol. The number of hydrogen-bond donors (Lipinski definition) is 1. The maximum absolute atomic E-state index is 6.04. The molecule has 0 amide bonds. The van der Waals surface area contributed by atoms with Crippen LogP contribution in [0.3, 0.4) is 0 Å². The summed E-state index contributed by atoms with van der Waals surface area (Å²) in [5.74, 6) is 0. The third-order valence-electron chi connectivity index (χ3n) is 4.29. The molecule has 1 aromatic rings. The van der Waals surface area contributed by atoms with Crippen LogP contribution >= 0.6 is 15.9 Å². The van der Waals surface area contributed by atoms with Crippen molar-refractivity contribution < 1.29 is 4.74 Å². The van der Waals surface area contributed by atoms with Gasteiger partial charge in [0.15, 0.2) is 0 Å². The monoisotopic (exact) mass is 343 g/mol. The summed E-state index contributed by atoms with van der Waals surface area (Å²) in [6.45, 7) is 11.3. The van der Waals surface area contributed by atoms with Crippen molar-refractivity contribution in [2.75, 3.05) is 13.2 Å². The summed E-state index contributed by atoms with van der Waals surface area (Å²) in [7, 11) is 0. The molecule has 5 heteroatoms. The fourth-order valence-corrected chi connectivity index (χ4v) is 3.53. The van der Waals surface area contributed by atoms with Gasteiger partial charge in [-0.2, -0.15) is 5.10 Å². The van der Waals surface area contributed by atoms with Gasteiger partial charge in [-0.25, -0.2) is 0 Å². The Morgan fingerprint density at radius 3 is 2.80 bits per heavy atom. The Bertz CT molecular complexity index is 452. The highest BCUT2D eigenvalue weighted by atomic mass is 79.9. The Hall–Kier alpha value is -0.390. The number of nitrogens with one attached hydrogen (secondary N) is 1. The van der Waals surface area contributed by atoms with E-state index in [9.17, 15) is 0 Å². The van der Waals surface area contributed by atoms with Crippen molar-refractivity contribution in [1.82, 2.24) is 15.1 Å². The summed E-state index contributed by atoms with van der Waals surface area (Å²) in [6, 6.07) is 0.327. The van der Waals surface area contributed by atoms with Crippen LogP contribution in [0.1, 0.15) is 45.0 Å². The molecule has 0 spiro atoms. The first-order valence-corrected chi connectivity index (χ1v) is 8.40. The van der Waals surface area contributed by atoms with E-state index in [0.29, 0.717) is 6.04 Å². The van der Waals surface area contributed by atoms with Crippen LogP contribution in [-0.4, -0.2) is 34.6 Å². The molecule has 0 saturated carbocycles. The van der Waals surface area contributed by atoms with Gasteiger partial charge in [0.25, 0.3) is 0 Å². The largest absolute Gasteiger partial charge is 0.374 e. The average molecular weight is 344 g/mol. The predicted molar refractivity (Wildman–Crippen MR) is 85.1 cm³/mol. The van der Waals surface area contributed by atoms with Gasteiger partial charge in [0.05, 0.1) is 21.5 Å². The first-order valence-electron chi connectivity index (χ1n) is 7.61. The van der Waals surface area contributed by atoms with Crippen LogP contribution in [0.2, 0.25) is 0 Å². The summed E-state index contributed by atoms with van der Waals surface area (Å²) >= 11 is 3.70. The van der Waals surface area contributed by atoms with Gasteiger partial charge in [-0.15, -0.1) is 0 Å². The quantitative estimate of drug-likeness (QED) is 0.862. The van der Waals surface area contributed by atoms with Crippen molar-refractivity contribution in [3.63, 3.8) is 0 Å². The smallest absolute Gasteiger partial charge is 0.0811 e. The zero-order chi connectivity index (χ0) is 14.8. The molecule has 0 bridgehead atoms. The Balaban J connectivity index is 2.24. The number of nitrogens with zero attached hydrogens (tertiary/aromatic N) is 2. The number of rotatable bonds is 6. The molecule has 2 unspecified atom stereocenters. The minimum atomic E-state index is -0.0633. The lowest BCUT2D eigenvalue weighted by molar-refractivity contribution is -0.0115. The Labute approximate surface area is 130 Å². The molecule has 2 rings (SSSR count). The SMILES string of the molecule is CCNC(Cc1c(Br)c(C)nn1CC)C1(C)CCCO1. The van der Waals surface area contributed by atoms with Gasteiger partial charge in [-0.1, -0.05) is 6.92 Å². The summed E-state index contributed by atoms with van der Waals surface area (Å²) in [6.07, 6.45) is 3.23. The second-order valence-electron chi connectivity index (χ2n) is 5.74. The first-order chi connectivity index (χ1) is 9.51. The second-order valence-corrected chi connectivity index (χ2v) is 6.53. The second kappa shape index (κ2) is 6.58. The third kappa shape index (κ3) is 3.10. The molecule has 2 heterocycles. The van der Waals surface area contributed by atoms with Crippen LogP contribution in [-0.2, 0) is 17.7 Å². The molecule has 1 fully saturated rings. The molecule has 1 N–H and O–H groups in total. The number of aromatic nitrogens is 2. The van der Waals surface area contributed by atoms with E-state index in [4.69, 9.17) is 4.74 Å². The molecule has 1 aliphatic rings. The molecule has 1 saturated heterocycles. The first kappa shape index (κ1) is 16.0. The minimum Gasteiger partial charge on any atom is -0.374 e. The van der Waals surface area contributed by atoms with Crippen molar-refractivity contribution in [1.29, 1.82) is 0 Å². The fourth-order valence-electron chi connectivity index (χ4n) is 3.08. The van der Waals surface area contributed by atoms with E-state index < -0.39 is 0 Å². The highest BCUT2D eigenvalue weighted by Gasteiger charge is 2.38. The van der Waals surface area contributed by atoms with Gasteiger partial charge in [0.2, 0.25) is 0 Å². The molecule has 1 aliphatic heterocycles. The van der Waals surface area contributed by atoms with Gasteiger partial charge < -0.3 is 10.1 Å². The van der Waals surface area contributed by atoms with E-state index in [0.717, 1.165) is 49.1 Å². The van der Waals surface area contributed by atoms with E-state index in [1.165, 1.54) is 5.69 Å². The van der Waals surface area contributed by atoms with Gasteiger partial charge in [-0.05, 0) is 56.1 Å². The Morgan fingerprint density at radius 2 is 2.25 bits per heavy atom. The van der Waals surface area contributed by atoms with E-state index in [2.05, 4.69) is 58.7 Å². The molecule has 0 radical (unpaired) electrons. The van der Waals surface area contributed by atoms with Gasteiger partial charge in [-0.3, -0.25) is 4.68 Å². The molecule has 0 aromatic carbocycles. The average Bonchev–Trinajstić information content (AvgIpc) is 2.97. The van der Waals surface area contributed by atoms with Crippen LogP contribution < -0.4 is 5.32 Å². The number of aryl methyl sites for hydroxylation is 2. The van der Waals surface area contributed by atoms with Crippen LogP contribution in [0.15, 0.2) is 4.47 Å². The van der Waals surface area contributed by atoms with Crippen LogP contribution in [0.5, 0.6) is 0 Å². The number of ether oxygens (including phenoxy) is 1. The van der Waals surface area contributed by atoms with E-state index in [-0.39, 0.29) is 5.60 Å². The van der Waals surface area contributed by atoms with Gasteiger partial charge >= 0.3 is 0 Å². The van der Waals surface area contributed by atoms with Crippen molar-refractivity contribution in [2.24, 2.45) is 0 Å². The van der Waals surface area contributed by atoms with Crippen molar-refractivity contribution in [2.45, 2.75) is 65.1 Å². The lowest BCUT2D eigenvalue weighted by Crippen LogP contribution is -2.50. The van der Waals surface area contributed by atoms with E-state index >= 15 is 0 Å².